The minimum Gasteiger partial charge on any atom is -0.497 e. The van der Waals surface area contributed by atoms with E-state index < -0.39 is 11.9 Å². The number of anilines is 1. The number of fused-ring (bicyclic) bond motifs is 1. The SMILES string of the molecule is COc1ccc(-n2cc(C(=O)O)c3c2[C@@H](c2ccccc2OC)CC(=O)N3)c(OC)c1. The van der Waals surface area contributed by atoms with Crippen LogP contribution in [0.5, 0.6) is 17.2 Å². The summed E-state index contributed by atoms with van der Waals surface area (Å²) < 4.78 is 18.1. The van der Waals surface area contributed by atoms with Gasteiger partial charge in [0, 0.05) is 30.2 Å². The molecule has 0 unspecified atom stereocenters. The van der Waals surface area contributed by atoms with Crippen LogP contribution in [0.1, 0.15) is 34.0 Å². The quantitative estimate of drug-likeness (QED) is 0.629. The number of para-hydroxylation sites is 1. The molecule has 0 radical (unpaired) electrons. The lowest BCUT2D eigenvalue weighted by Crippen LogP contribution is -2.25. The van der Waals surface area contributed by atoms with E-state index in [9.17, 15) is 14.7 Å². The van der Waals surface area contributed by atoms with Gasteiger partial charge in [0.05, 0.1) is 38.4 Å². The van der Waals surface area contributed by atoms with E-state index in [1.54, 1.807) is 37.0 Å². The van der Waals surface area contributed by atoms with Crippen molar-refractivity contribution in [1.82, 2.24) is 4.57 Å². The Morgan fingerprint density at radius 3 is 2.48 bits per heavy atom. The summed E-state index contributed by atoms with van der Waals surface area (Å²) in [5.74, 6) is -0.0764. The van der Waals surface area contributed by atoms with Crippen molar-refractivity contribution in [3.8, 4) is 22.9 Å². The maximum atomic E-state index is 12.5. The van der Waals surface area contributed by atoms with Crippen molar-refractivity contribution in [3.63, 3.8) is 0 Å². The molecule has 1 atom stereocenters. The maximum Gasteiger partial charge on any atom is 0.339 e. The van der Waals surface area contributed by atoms with Gasteiger partial charge in [-0.1, -0.05) is 18.2 Å². The van der Waals surface area contributed by atoms with Crippen molar-refractivity contribution in [2.75, 3.05) is 26.6 Å². The van der Waals surface area contributed by atoms with Crippen LogP contribution in [-0.2, 0) is 4.79 Å². The highest BCUT2D eigenvalue weighted by molar-refractivity contribution is 6.04. The lowest BCUT2D eigenvalue weighted by atomic mass is 9.87. The molecule has 0 bridgehead atoms. The van der Waals surface area contributed by atoms with Crippen molar-refractivity contribution in [2.45, 2.75) is 12.3 Å². The van der Waals surface area contributed by atoms with Crippen LogP contribution in [0.3, 0.4) is 0 Å². The number of rotatable bonds is 6. The molecule has 0 spiro atoms. The molecule has 2 N–H and O–H groups in total. The topological polar surface area (TPSA) is 99.0 Å². The molecular formula is C23H22N2O6. The smallest absolute Gasteiger partial charge is 0.339 e. The zero-order valence-corrected chi connectivity index (χ0v) is 17.3. The summed E-state index contributed by atoms with van der Waals surface area (Å²) in [5, 5.41) is 12.6. The summed E-state index contributed by atoms with van der Waals surface area (Å²) in [6, 6.07) is 12.7. The highest BCUT2D eigenvalue weighted by Gasteiger charge is 2.36. The first kappa shape index (κ1) is 20.3. The third-order valence-corrected chi connectivity index (χ3v) is 5.42. The van der Waals surface area contributed by atoms with E-state index in [2.05, 4.69) is 5.32 Å². The minimum atomic E-state index is -1.14. The number of aromatic nitrogens is 1. The van der Waals surface area contributed by atoms with E-state index >= 15 is 0 Å². The van der Waals surface area contributed by atoms with Crippen molar-refractivity contribution in [2.24, 2.45) is 0 Å². The summed E-state index contributed by atoms with van der Waals surface area (Å²) in [7, 11) is 4.66. The van der Waals surface area contributed by atoms with E-state index in [0.29, 0.717) is 28.6 Å². The number of hydrogen-bond donors (Lipinski definition) is 2. The summed E-state index contributed by atoms with van der Waals surface area (Å²) in [4.78, 5) is 24.5. The van der Waals surface area contributed by atoms with Gasteiger partial charge in [0.2, 0.25) is 5.91 Å². The molecule has 160 valence electrons. The first-order valence-electron chi connectivity index (χ1n) is 9.62. The average Bonchev–Trinajstić information content (AvgIpc) is 3.17. The molecule has 4 rings (SSSR count). The molecule has 1 aliphatic heterocycles. The molecule has 1 amide bonds. The monoisotopic (exact) mass is 422 g/mol. The Hall–Kier alpha value is -3.94. The van der Waals surface area contributed by atoms with Gasteiger partial charge in [0.1, 0.15) is 22.8 Å². The highest BCUT2D eigenvalue weighted by atomic mass is 16.5. The highest BCUT2D eigenvalue weighted by Crippen LogP contribution is 2.45. The number of carbonyl (C=O) groups is 2. The number of carboxylic acids is 1. The molecule has 0 saturated heterocycles. The van der Waals surface area contributed by atoms with Crippen molar-refractivity contribution in [1.29, 1.82) is 0 Å². The largest absolute Gasteiger partial charge is 0.497 e. The number of benzene rings is 2. The summed E-state index contributed by atoms with van der Waals surface area (Å²) in [6.07, 6.45) is 1.65. The molecule has 0 saturated carbocycles. The van der Waals surface area contributed by atoms with Crippen molar-refractivity contribution < 1.29 is 28.9 Å². The van der Waals surface area contributed by atoms with Gasteiger partial charge in [-0.05, 0) is 18.2 Å². The Morgan fingerprint density at radius 2 is 1.81 bits per heavy atom. The van der Waals surface area contributed by atoms with Crippen LogP contribution in [0.2, 0.25) is 0 Å². The van der Waals surface area contributed by atoms with Crippen LogP contribution in [0.4, 0.5) is 5.69 Å². The summed E-state index contributed by atoms with van der Waals surface area (Å²) in [6.45, 7) is 0. The van der Waals surface area contributed by atoms with Gasteiger partial charge in [-0.25, -0.2) is 4.79 Å². The normalized spacial score (nSPS) is 15.1. The molecule has 0 fully saturated rings. The molecule has 8 nitrogen and oxygen atoms in total. The number of nitrogens with one attached hydrogen (secondary N) is 1. The fraction of sp³-hybridized carbons (Fsp3) is 0.217. The molecule has 2 heterocycles. The summed E-state index contributed by atoms with van der Waals surface area (Å²) in [5.41, 5.74) is 2.34. The van der Waals surface area contributed by atoms with Crippen molar-refractivity contribution in [3.05, 3.63) is 65.5 Å². The van der Waals surface area contributed by atoms with Gasteiger partial charge in [-0.2, -0.15) is 0 Å². The van der Waals surface area contributed by atoms with Gasteiger partial charge in [0.25, 0.3) is 0 Å². The number of aromatic carboxylic acids is 1. The standard InChI is InChI=1S/C23H22N2O6/c1-29-13-8-9-17(19(10-13)31-3)25-12-16(23(27)28)21-22(25)15(11-20(26)24-21)14-6-4-5-7-18(14)30-2/h4-10,12,15H,11H2,1-3H3,(H,24,26)(H,27,28)/t15-/m1/s1. The number of amides is 1. The Bertz CT molecular complexity index is 1170. The fourth-order valence-electron chi connectivity index (χ4n) is 4.02. The molecular weight excluding hydrogens is 400 g/mol. The number of carbonyl (C=O) groups excluding carboxylic acids is 1. The van der Waals surface area contributed by atoms with Gasteiger partial charge in [0.15, 0.2) is 0 Å². The average molecular weight is 422 g/mol. The Kier molecular flexibility index (Phi) is 5.29. The second kappa shape index (κ2) is 8.06. The van der Waals surface area contributed by atoms with Crippen LogP contribution in [0, 0.1) is 0 Å². The number of carboxylic acid groups (broad SMARTS) is 1. The van der Waals surface area contributed by atoms with E-state index in [-0.39, 0.29) is 23.6 Å². The molecule has 8 heteroatoms. The molecule has 1 aromatic heterocycles. The minimum absolute atomic E-state index is 0.000758. The van der Waals surface area contributed by atoms with Crippen LogP contribution in [0.25, 0.3) is 5.69 Å². The van der Waals surface area contributed by atoms with Crippen LogP contribution in [-0.4, -0.2) is 42.9 Å². The number of methoxy groups -OCH3 is 3. The van der Waals surface area contributed by atoms with Gasteiger partial charge < -0.3 is 29.2 Å². The molecule has 0 aliphatic carbocycles. The van der Waals surface area contributed by atoms with Crippen molar-refractivity contribution >= 4 is 17.6 Å². The summed E-state index contributed by atoms with van der Waals surface area (Å²) >= 11 is 0. The van der Waals surface area contributed by atoms with Crippen LogP contribution < -0.4 is 19.5 Å². The first-order valence-corrected chi connectivity index (χ1v) is 9.62. The van der Waals surface area contributed by atoms with Gasteiger partial charge >= 0.3 is 5.97 Å². The predicted molar refractivity (Wildman–Crippen MR) is 114 cm³/mol. The van der Waals surface area contributed by atoms with Crippen LogP contribution >= 0.6 is 0 Å². The lowest BCUT2D eigenvalue weighted by molar-refractivity contribution is -0.116. The number of ether oxygens (including phenoxy) is 3. The Balaban J connectivity index is 2.01. The van der Waals surface area contributed by atoms with E-state index in [0.717, 1.165) is 5.56 Å². The number of nitrogens with zero attached hydrogens (tertiary/aromatic N) is 1. The fourth-order valence-corrected chi connectivity index (χ4v) is 4.02. The second-order valence-corrected chi connectivity index (χ2v) is 7.06. The Morgan fingerprint density at radius 1 is 1.06 bits per heavy atom. The van der Waals surface area contributed by atoms with Gasteiger partial charge in [-0.15, -0.1) is 0 Å². The van der Waals surface area contributed by atoms with E-state index in [4.69, 9.17) is 14.2 Å². The molecule has 31 heavy (non-hydrogen) atoms. The molecule has 1 aliphatic rings. The van der Waals surface area contributed by atoms with E-state index in [1.807, 2.05) is 24.3 Å². The zero-order chi connectivity index (χ0) is 22.1. The molecule has 3 aromatic rings. The number of hydrogen-bond acceptors (Lipinski definition) is 5. The lowest BCUT2D eigenvalue weighted by Gasteiger charge is -2.27. The van der Waals surface area contributed by atoms with Gasteiger partial charge in [-0.3, -0.25) is 4.79 Å². The molecule has 2 aromatic carbocycles. The third-order valence-electron chi connectivity index (χ3n) is 5.42. The van der Waals surface area contributed by atoms with Crippen LogP contribution in [0.15, 0.2) is 48.7 Å². The zero-order valence-electron chi connectivity index (χ0n) is 17.3. The first-order chi connectivity index (χ1) is 15.0. The third kappa shape index (κ3) is 3.46. The maximum absolute atomic E-state index is 12.5. The Labute approximate surface area is 179 Å². The second-order valence-electron chi connectivity index (χ2n) is 7.06. The predicted octanol–water partition coefficient (Wildman–Crippen LogP) is 3.68. The van der Waals surface area contributed by atoms with E-state index in [1.165, 1.54) is 13.3 Å².